The van der Waals surface area contributed by atoms with E-state index in [0.29, 0.717) is 5.25 Å². The number of rotatable bonds is 3. The van der Waals surface area contributed by atoms with Crippen molar-refractivity contribution in [3.05, 3.63) is 17.8 Å². The Kier molecular flexibility index (Phi) is 3.99. The summed E-state index contributed by atoms with van der Waals surface area (Å²) < 4.78 is 0. The molecule has 1 aromatic heterocycles. The van der Waals surface area contributed by atoms with E-state index < -0.39 is 5.97 Å². The second kappa shape index (κ2) is 5.49. The van der Waals surface area contributed by atoms with E-state index in [2.05, 4.69) is 17.1 Å². The van der Waals surface area contributed by atoms with Gasteiger partial charge >= 0.3 is 5.97 Å². The number of carboxylic acid groups (broad SMARTS) is 1. The molecule has 92 valence electrons. The van der Waals surface area contributed by atoms with Crippen LogP contribution in [0.15, 0.2) is 17.2 Å². The molecule has 0 aliphatic heterocycles. The summed E-state index contributed by atoms with van der Waals surface area (Å²) in [6.45, 7) is 2.28. The SMILES string of the molecule is CC1CCCC(Sc2ccc(C(=O)O)nn2)C1. The van der Waals surface area contributed by atoms with Crippen molar-refractivity contribution in [2.75, 3.05) is 0 Å². The molecule has 1 fully saturated rings. The minimum atomic E-state index is -1.03. The lowest BCUT2D eigenvalue weighted by molar-refractivity contribution is 0.0689. The average molecular weight is 252 g/mol. The largest absolute Gasteiger partial charge is 0.476 e. The monoisotopic (exact) mass is 252 g/mol. The molecule has 0 radical (unpaired) electrons. The Morgan fingerprint density at radius 1 is 1.41 bits per heavy atom. The van der Waals surface area contributed by atoms with Gasteiger partial charge in [-0.2, -0.15) is 0 Å². The maximum atomic E-state index is 10.6. The molecule has 17 heavy (non-hydrogen) atoms. The topological polar surface area (TPSA) is 63.1 Å². The van der Waals surface area contributed by atoms with Crippen molar-refractivity contribution >= 4 is 17.7 Å². The summed E-state index contributed by atoms with van der Waals surface area (Å²) in [5, 5.41) is 17.8. The van der Waals surface area contributed by atoms with E-state index in [4.69, 9.17) is 5.11 Å². The lowest BCUT2D eigenvalue weighted by Crippen LogP contribution is -2.15. The average Bonchev–Trinajstić information content (AvgIpc) is 2.29. The molecule has 0 spiro atoms. The van der Waals surface area contributed by atoms with Crippen LogP contribution >= 0.6 is 11.8 Å². The van der Waals surface area contributed by atoms with Gasteiger partial charge in [-0.25, -0.2) is 4.79 Å². The zero-order valence-corrected chi connectivity index (χ0v) is 10.6. The van der Waals surface area contributed by atoms with Crippen molar-refractivity contribution in [2.24, 2.45) is 5.92 Å². The minimum absolute atomic E-state index is 0.00589. The van der Waals surface area contributed by atoms with Gasteiger partial charge in [0.2, 0.25) is 0 Å². The van der Waals surface area contributed by atoms with Gasteiger partial charge in [0, 0.05) is 5.25 Å². The van der Waals surface area contributed by atoms with E-state index in [1.165, 1.54) is 31.7 Å². The van der Waals surface area contributed by atoms with Gasteiger partial charge in [0.15, 0.2) is 5.69 Å². The Morgan fingerprint density at radius 2 is 2.24 bits per heavy atom. The van der Waals surface area contributed by atoms with Crippen LogP contribution in [0.3, 0.4) is 0 Å². The van der Waals surface area contributed by atoms with Gasteiger partial charge in [-0.3, -0.25) is 0 Å². The fourth-order valence-electron chi connectivity index (χ4n) is 2.15. The van der Waals surface area contributed by atoms with Gasteiger partial charge < -0.3 is 5.11 Å². The summed E-state index contributed by atoms with van der Waals surface area (Å²) in [7, 11) is 0. The summed E-state index contributed by atoms with van der Waals surface area (Å²) in [5.74, 6) is -0.243. The van der Waals surface area contributed by atoms with Crippen molar-refractivity contribution in [1.82, 2.24) is 10.2 Å². The maximum Gasteiger partial charge on any atom is 0.356 e. The zero-order valence-electron chi connectivity index (χ0n) is 9.80. The molecule has 0 saturated heterocycles. The molecule has 0 aromatic carbocycles. The van der Waals surface area contributed by atoms with Crippen molar-refractivity contribution in [3.63, 3.8) is 0 Å². The summed E-state index contributed by atoms with van der Waals surface area (Å²) in [6.07, 6.45) is 5.03. The Hall–Kier alpha value is -1.10. The van der Waals surface area contributed by atoms with Gasteiger partial charge in [-0.1, -0.05) is 19.8 Å². The smallest absolute Gasteiger partial charge is 0.356 e. The molecule has 5 heteroatoms. The van der Waals surface area contributed by atoms with Crippen LogP contribution in [0.1, 0.15) is 43.1 Å². The van der Waals surface area contributed by atoms with Crippen molar-refractivity contribution in [3.8, 4) is 0 Å². The van der Waals surface area contributed by atoms with Crippen LogP contribution in [-0.4, -0.2) is 26.5 Å². The van der Waals surface area contributed by atoms with E-state index in [9.17, 15) is 4.79 Å². The predicted molar refractivity (Wildman–Crippen MR) is 66.3 cm³/mol. The van der Waals surface area contributed by atoms with Crippen LogP contribution in [0.4, 0.5) is 0 Å². The molecule has 1 N–H and O–H groups in total. The van der Waals surface area contributed by atoms with Crippen molar-refractivity contribution in [2.45, 2.75) is 42.9 Å². The van der Waals surface area contributed by atoms with Gasteiger partial charge in [-0.05, 0) is 30.9 Å². The predicted octanol–water partition coefficient (Wildman–Crippen LogP) is 2.85. The standard InChI is InChI=1S/C12H16N2O2S/c1-8-3-2-4-9(7-8)17-11-6-5-10(12(15)16)13-14-11/h5-6,8-9H,2-4,7H2,1H3,(H,15,16). The zero-order chi connectivity index (χ0) is 12.3. The van der Waals surface area contributed by atoms with E-state index in [1.807, 2.05) is 0 Å². The van der Waals surface area contributed by atoms with Crippen LogP contribution in [0.5, 0.6) is 0 Å². The second-order valence-corrected chi connectivity index (χ2v) is 5.89. The first kappa shape index (κ1) is 12.4. The lowest BCUT2D eigenvalue weighted by atomic mass is 9.91. The van der Waals surface area contributed by atoms with E-state index in [-0.39, 0.29) is 5.69 Å². The molecule has 1 heterocycles. The van der Waals surface area contributed by atoms with Gasteiger partial charge in [0.1, 0.15) is 5.03 Å². The van der Waals surface area contributed by atoms with Crippen LogP contribution in [0, 0.1) is 5.92 Å². The molecular weight excluding hydrogens is 236 g/mol. The third-order valence-electron chi connectivity index (χ3n) is 3.03. The number of nitrogens with zero attached hydrogens (tertiary/aromatic N) is 2. The molecule has 4 nitrogen and oxygen atoms in total. The van der Waals surface area contributed by atoms with Gasteiger partial charge in [0.05, 0.1) is 0 Å². The van der Waals surface area contributed by atoms with E-state index in [1.54, 1.807) is 17.8 Å². The van der Waals surface area contributed by atoms with Crippen LogP contribution in [0.25, 0.3) is 0 Å². The molecular formula is C12H16N2O2S. The first-order valence-corrected chi connectivity index (χ1v) is 6.77. The Morgan fingerprint density at radius 3 is 2.82 bits per heavy atom. The van der Waals surface area contributed by atoms with Crippen LogP contribution < -0.4 is 0 Å². The first-order valence-electron chi connectivity index (χ1n) is 5.89. The molecule has 1 aromatic rings. The minimum Gasteiger partial charge on any atom is -0.476 e. The number of hydrogen-bond donors (Lipinski definition) is 1. The highest BCUT2D eigenvalue weighted by Gasteiger charge is 2.20. The molecule has 1 saturated carbocycles. The third kappa shape index (κ3) is 3.43. The summed E-state index contributed by atoms with van der Waals surface area (Å²) in [5.41, 5.74) is 0.00589. The quantitative estimate of drug-likeness (QED) is 0.896. The third-order valence-corrected chi connectivity index (χ3v) is 4.26. The van der Waals surface area contributed by atoms with Crippen molar-refractivity contribution in [1.29, 1.82) is 0 Å². The Balaban J connectivity index is 1.96. The molecule has 2 unspecified atom stereocenters. The molecule has 1 aliphatic rings. The normalized spacial score (nSPS) is 24.5. The lowest BCUT2D eigenvalue weighted by Gasteiger charge is -2.25. The van der Waals surface area contributed by atoms with Gasteiger partial charge in [-0.15, -0.1) is 22.0 Å². The van der Waals surface area contributed by atoms with Crippen LogP contribution in [-0.2, 0) is 0 Å². The second-order valence-electron chi connectivity index (χ2n) is 4.57. The van der Waals surface area contributed by atoms with Crippen LogP contribution in [0.2, 0.25) is 0 Å². The Labute approximate surface area is 105 Å². The number of aromatic carboxylic acids is 1. The number of aromatic nitrogens is 2. The fraction of sp³-hybridized carbons (Fsp3) is 0.583. The summed E-state index contributed by atoms with van der Waals surface area (Å²) >= 11 is 1.72. The van der Waals surface area contributed by atoms with Gasteiger partial charge in [0.25, 0.3) is 0 Å². The van der Waals surface area contributed by atoms with E-state index in [0.717, 1.165) is 10.9 Å². The molecule has 2 atom stereocenters. The summed E-state index contributed by atoms with van der Waals surface area (Å²) in [4.78, 5) is 10.6. The first-order chi connectivity index (χ1) is 8.15. The maximum absolute atomic E-state index is 10.6. The molecule has 0 bridgehead atoms. The van der Waals surface area contributed by atoms with Crippen molar-refractivity contribution < 1.29 is 9.90 Å². The number of carboxylic acids is 1. The number of hydrogen-bond acceptors (Lipinski definition) is 4. The Bertz CT molecular complexity index is 394. The number of carbonyl (C=O) groups is 1. The fourth-order valence-corrected chi connectivity index (χ4v) is 3.44. The highest BCUT2D eigenvalue weighted by atomic mass is 32.2. The molecule has 0 amide bonds. The van der Waals surface area contributed by atoms with E-state index >= 15 is 0 Å². The number of thioether (sulfide) groups is 1. The summed E-state index contributed by atoms with van der Waals surface area (Å²) in [6, 6.07) is 3.27. The molecule has 1 aliphatic carbocycles. The highest BCUT2D eigenvalue weighted by Crippen LogP contribution is 2.34. The molecule has 2 rings (SSSR count). The highest BCUT2D eigenvalue weighted by molar-refractivity contribution is 7.99.